The monoisotopic (exact) mass is 354 g/mol. The maximum atomic E-state index is 12.5. The maximum Gasteiger partial charge on any atom is 0.326 e. The Hall–Kier alpha value is -2.40. The Labute approximate surface area is 153 Å². The van der Waals surface area contributed by atoms with Crippen LogP contribution in [0.3, 0.4) is 0 Å². The van der Waals surface area contributed by atoms with Crippen LogP contribution in [0.15, 0.2) is 42.5 Å². The van der Waals surface area contributed by atoms with Crippen molar-refractivity contribution in [3.8, 4) is 0 Å². The van der Waals surface area contributed by atoms with E-state index >= 15 is 0 Å². The molecule has 3 rings (SSSR count). The SMILES string of the molecule is NCC1CCC(C(=O)NC(Cc2ccc3ccccc3c2)C(=O)O)CC1. The average molecular weight is 354 g/mol. The molecule has 1 atom stereocenters. The van der Waals surface area contributed by atoms with Crippen molar-refractivity contribution in [2.45, 2.75) is 38.1 Å². The molecule has 0 aromatic heterocycles. The third-order valence-electron chi connectivity index (χ3n) is 5.42. The third kappa shape index (κ3) is 4.41. The van der Waals surface area contributed by atoms with Crippen molar-refractivity contribution in [3.63, 3.8) is 0 Å². The van der Waals surface area contributed by atoms with Gasteiger partial charge in [0, 0.05) is 12.3 Å². The van der Waals surface area contributed by atoms with Gasteiger partial charge in [0.2, 0.25) is 5.91 Å². The lowest BCUT2D eigenvalue weighted by Crippen LogP contribution is -2.45. The molecule has 5 heteroatoms. The molecule has 2 aromatic carbocycles. The number of benzene rings is 2. The molecule has 0 bridgehead atoms. The molecule has 0 saturated heterocycles. The number of nitrogens with one attached hydrogen (secondary N) is 1. The standard InChI is InChI=1S/C21H26N2O3/c22-13-14-5-9-17(10-6-14)20(24)23-19(21(25)26)12-15-7-8-16-3-1-2-4-18(16)11-15/h1-4,7-8,11,14,17,19H,5-6,9-10,12-13,22H2,(H,23,24)(H,25,26). The quantitative estimate of drug-likeness (QED) is 0.744. The van der Waals surface area contributed by atoms with Gasteiger partial charge in [-0.1, -0.05) is 42.5 Å². The van der Waals surface area contributed by atoms with E-state index in [-0.39, 0.29) is 18.2 Å². The minimum absolute atomic E-state index is 0.101. The van der Waals surface area contributed by atoms with Gasteiger partial charge in [0.05, 0.1) is 0 Å². The van der Waals surface area contributed by atoms with E-state index in [1.165, 1.54) is 0 Å². The number of rotatable bonds is 6. The van der Waals surface area contributed by atoms with Gasteiger partial charge in [-0.15, -0.1) is 0 Å². The van der Waals surface area contributed by atoms with Crippen LogP contribution in [0, 0.1) is 11.8 Å². The summed E-state index contributed by atoms with van der Waals surface area (Å²) >= 11 is 0. The van der Waals surface area contributed by atoms with E-state index < -0.39 is 12.0 Å². The van der Waals surface area contributed by atoms with Crippen molar-refractivity contribution in [2.75, 3.05) is 6.54 Å². The van der Waals surface area contributed by atoms with Crippen molar-refractivity contribution in [1.82, 2.24) is 5.32 Å². The van der Waals surface area contributed by atoms with Gasteiger partial charge < -0.3 is 16.2 Å². The van der Waals surface area contributed by atoms with Crippen LogP contribution in [0.4, 0.5) is 0 Å². The lowest BCUT2D eigenvalue weighted by Gasteiger charge is -2.27. The van der Waals surface area contributed by atoms with E-state index in [1.54, 1.807) is 0 Å². The fourth-order valence-electron chi connectivity index (χ4n) is 3.75. The normalized spacial score (nSPS) is 21.3. The summed E-state index contributed by atoms with van der Waals surface area (Å²) in [5.74, 6) is -0.751. The Morgan fingerprint density at radius 1 is 1.08 bits per heavy atom. The molecule has 5 nitrogen and oxygen atoms in total. The summed E-state index contributed by atoms with van der Waals surface area (Å²) in [6.45, 7) is 0.661. The summed E-state index contributed by atoms with van der Waals surface area (Å²) in [5.41, 5.74) is 6.60. The first-order chi connectivity index (χ1) is 12.6. The molecule has 0 aliphatic heterocycles. The van der Waals surface area contributed by atoms with E-state index in [4.69, 9.17) is 5.73 Å². The number of nitrogens with two attached hydrogens (primary N) is 1. The molecule has 0 spiro atoms. The van der Waals surface area contributed by atoms with Gasteiger partial charge in [-0.2, -0.15) is 0 Å². The molecule has 1 fully saturated rings. The molecule has 1 aliphatic rings. The number of fused-ring (bicyclic) bond motifs is 1. The molecule has 26 heavy (non-hydrogen) atoms. The van der Waals surface area contributed by atoms with Crippen molar-refractivity contribution < 1.29 is 14.7 Å². The minimum Gasteiger partial charge on any atom is -0.480 e. The predicted octanol–water partition coefficient (Wildman–Crippen LogP) is 2.72. The van der Waals surface area contributed by atoms with Gasteiger partial charge in [0.25, 0.3) is 0 Å². The summed E-state index contributed by atoms with van der Waals surface area (Å²) in [7, 11) is 0. The highest BCUT2D eigenvalue weighted by Crippen LogP contribution is 2.28. The third-order valence-corrected chi connectivity index (χ3v) is 5.42. The number of carbonyl (C=O) groups excluding carboxylic acids is 1. The molecule has 0 radical (unpaired) electrons. The van der Waals surface area contributed by atoms with Crippen molar-refractivity contribution in [3.05, 3.63) is 48.0 Å². The summed E-state index contributed by atoms with van der Waals surface area (Å²) in [6.07, 6.45) is 3.74. The number of carboxylic acid groups (broad SMARTS) is 1. The highest BCUT2D eigenvalue weighted by molar-refractivity contribution is 5.86. The second-order valence-electron chi connectivity index (χ2n) is 7.24. The molecule has 1 saturated carbocycles. The molecule has 1 unspecified atom stereocenters. The van der Waals surface area contributed by atoms with Crippen LogP contribution in [0.25, 0.3) is 10.8 Å². The lowest BCUT2D eigenvalue weighted by atomic mass is 9.81. The highest BCUT2D eigenvalue weighted by atomic mass is 16.4. The zero-order valence-corrected chi connectivity index (χ0v) is 14.9. The maximum absolute atomic E-state index is 12.5. The second kappa shape index (κ2) is 8.32. The first-order valence-corrected chi connectivity index (χ1v) is 9.27. The van der Waals surface area contributed by atoms with Gasteiger partial charge in [-0.25, -0.2) is 4.79 Å². The van der Waals surface area contributed by atoms with Crippen LogP contribution < -0.4 is 11.1 Å². The van der Waals surface area contributed by atoms with Gasteiger partial charge in [0.15, 0.2) is 0 Å². The Balaban J connectivity index is 1.65. The van der Waals surface area contributed by atoms with Crippen LogP contribution in [-0.4, -0.2) is 29.6 Å². The molecule has 1 aliphatic carbocycles. The molecular formula is C21H26N2O3. The predicted molar refractivity (Wildman–Crippen MR) is 102 cm³/mol. The average Bonchev–Trinajstić information content (AvgIpc) is 2.67. The number of carbonyl (C=O) groups is 2. The highest BCUT2D eigenvalue weighted by Gasteiger charge is 2.29. The Morgan fingerprint density at radius 2 is 1.77 bits per heavy atom. The number of aliphatic carboxylic acids is 1. The Bertz CT molecular complexity index is 782. The number of hydrogen-bond donors (Lipinski definition) is 3. The second-order valence-corrected chi connectivity index (χ2v) is 7.24. The zero-order valence-electron chi connectivity index (χ0n) is 14.9. The van der Waals surface area contributed by atoms with E-state index in [1.807, 2.05) is 42.5 Å². The minimum atomic E-state index is -0.998. The molecule has 138 valence electrons. The first-order valence-electron chi connectivity index (χ1n) is 9.27. The van der Waals surface area contributed by atoms with Gasteiger partial charge in [0.1, 0.15) is 6.04 Å². The van der Waals surface area contributed by atoms with Gasteiger partial charge in [-0.05, 0) is 54.5 Å². The molecule has 0 heterocycles. The fourth-order valence-corrected chi connectivity index (χ4v) is 3.75. The summed E-state index contributed by atoms with van der Waals surface area (Å²) in [4.78, 5) is 24.2. The van der Waals surface area contributed by atoms with Crippen molar-refractivity contribution in [2.24, 2.45) is 17.6 Å². The summed E-state index contributed by atoms with van der Waals surface area (Å²) in [6, 6.07) is 13.0. The van der Waals surface area contributed by atoms with Crippen LogP contribution in [-0.2, 0) is 16.0 Å². The number of hydrogen-bond acceptors (Lipinski definition) is 3. The Kier molecular flexibility index (Phi) is 5.89. The van der Waals surface area contributed by atoms with Crippen LogP contribution >= 0.6 is 0 Å². The molecule has 1 amide bonds. The molecule has 2 aromatic rings. The van der Waals surface area contributed by atoms with Crippen LogP contribution in [0.2, 0.25) is 0 Å². The fraction of sp³-hybridized carbons (Fsp3) is 0.429. The van der Waals surface area contributed by atoms with Crippen LogP contribution in [0.5, 0.6) is 0 Å². The number of carboxylic acids is 1. The molecule has 4 N–H and O–H groups in total. The summed E-state index contributed by atoms with van der Waals surface area (Å²) in [5, 5.41) is 14.5. The van der Waals surface area contributed by atoms with Crippen molar-refractivity contribution in [1.29, 1.82) is 0 Å². The van der Waals surface area contributed by atoms with Crippen molar-refractivity contribution >= 4 is 22.6 Å². The lowest BCUT2D eigenvalue weighted by molar-refractivity contribution is -0.142. The zero-order chi connectivity index (χ0) is 18.5. The van der Waals surface area contributed by atoms with Gasteiger partial charge in [-0.3, -0.25) is 4.79 Å². The Morgan fingerprint density at radius 3 is 2.42 bits per heavy atom. The van der Waals surface area contributed by atoms with E-state index in [0.717, 1.165) is 42.0 Å². The largest absolute Gasteiger partial charge is 0.480 e. The van der Waals surface area contributed by atoms with Crippen LogP contribution in [0.1, 0.15) is 31.2 Å². The first kappa shape index (κ1) is 18.4. The smallest absolute Gasteiger partial charge is 0.326 e. The molecular weight excluding hydrogens is 328 g/mol. The topological polar surface area (TPSA) is 92.4 Å². The summed E-state index contributed by atoms with van der Waals surface area (Å²) < 4.78 is 0. The van der Waals surface area contributed by atoms with E-state index in [0.29, 0.717) is 12.5 Å². The van der Waals surface area contributed by atoms with E-state index in [2.05, 4.69) is 5.32 Å². The van der Waals surface area contributed by atoms with Gasteiger partial charge >= 0.3 is 5.97 Å². The number of amides is 1. The van der Waals surface area contributed by atoms with E-state index in [9.17, 15) is 14.7 Å².